The number of aliphatic hydroxyl groups is 3. The summed E-state index contributed by atoms with van der Waals surface area (Å²) >= 11 is 0. The van der Waals surface area contributed by atoms with E-state index in [9.17, 15) is 9.59 Å². The number of esters is 2. The molecular formula is C9H14O6. The number of ether oxygens (including phenoxy) is 1. The lowest BCUT2D eigenvalue weighted by Crippen LogP contribution is -2.15. The Hall–Kier alpha value is -1.24. The highest BCUT2D eigenvalue weighted by Crippen LogP contribution is 2.14. The topological polar surface area (TPSA) is 104 Å². The number of cyclic esters (lactones) is 2. The first kappa shape index (κ1) is 13.8. The fourth-order valence-corrected chi connectivity index (χ4v) is 0.601. The molecule has 1 aliphatic rings. The third kappa shape index (κ3) is 4.20. The van der Waals surface area contributed by atoms with Crippen LogP contribution >= 0.6 is 0 Å². The van der Waals surface area contributed by atoms with Crippen molar-refractivity contribution in [3.63, 3.8) is 0 Å². The summed E-state index contributed by atoms with van der Waals surface area (Å²) in [6.07, 6.45) is -0.954. The molecule has 0 aromatic carbocycles. The summed E-state index contributed by atoms with van der Waals surface area (Å²) in [7, 11) is 0. The summed E-state index contributed by atoms with van der Waals surface area (Å²) < 4.78 is 4.23. The van der Waals surface area contributed by atoms with E-state index in [0.29, 0.717) is 11.1 Å². The van der Waals surface area contributed by atoms with Crippen LogP contribution in [-0.4, -0.2) is 46.6 Å². The van der Waals surface area contributed by atoms with Gasteiger partial charge in [-0.2, -0.15) is 0 Å². The van der Waals surface area contributed by atoms with Crippen molar-refractivity contribution in [3.8, 4) is 0 Å². The van der Waals surface area contributed by atoms with Gasteiger partial charge in [0.1, 0.15) is 6.10 Å². The zero-order valence-electron chi connectivity index (χ0n) is 8.56. The molecule has 0 aromatic rings. The molecule has 3 N–H and O–H groups in total. The maximum atomic E-state index is 10.5. The van der Waals surface area contributed by atoms with Crippen LogP contribution in [0, 0.1) is 0 Å². The molecule has 1 aliphatic heterocycles. The molecule has 0 bridgehead atoms. The third-order valence-corrected chi connectivity index (χ3v) is 1.78. The van der Waals surface area contributed by atoms with Crippen LogP contribution in [0.5, 0.6) is 0 Å². The zero-order chi connectivity index (χ0) is 12.0. The summed E-state index contributed by atoms with van der Waals surface area (Å²) in [4.78, 5) is 21.0. The number of hydrogen-bond acceptors (Lipinski definition) is 6. The molecule has 0 fully saturated rings. The monoisotopic (exact) mass is 218 g/mol. The maximum Gasteiger partial charge on any atom is 0.342 e. The molecule has 15 heavy (non-hydrogen) atoms. The second kappa shape index (κ2) is 6.28. The Morgan fingerprint density at radius 2 is 1.40 bits per heavy atom. The van der Waals surface area contributed by atoms with Crippen LogP contribution in [0.15, 0.2) is 11.1 Å². The van der Waals surface area contributed by atoms with Crippen LogP contribution in [0.4, 0.5) is 0 Å². The van der Waals surface area contributed by atoms with Crippen LogP contribution in [-0.2, 0) is 14.3 Å². The Morgan fingerprint density at radius 1 is 1.07 bits per heavy atom. The smallest absolute Gasteiger partial charge is 0.342 e. The largest absolute Gasteiger partial charge is 0.394 e. The molecule has 6 heteroatoms. The lowest BCUT2D eigenvalue weighted by Gasteiger charge is -1.96. The van der Waals surface area contributed by atoms with Gasteiger partial charge in [0.2, 0.25) is 0 Å². The van der Waals surface area contributed by atoms with Crippen LogP contribution in [0.1, 0.15) is 13.8 Å². The quantitative estimate of drug-likeness (QED) is 0.394. The first-order chi connectivity index (χ1) is 6.93. The van der Waals surface area contributed by atoms with Crippen LogP contribution in [0.3, 0.4) is 0 Å². The fourth-order valence-electron chi connectivity index (χ4n) is 0.601. The number of rotatable bonds is 2. The van der Waals surface area contributed by atoms with Crippen molar-refractivity contribution in [2.45, 2.75) is 20.0 Å². The summed E-state index contributed by atoms with van der Waals surface area (Å²) in [5.41, 5.74) is 0.833. The third-order valence-electron chi connectivity index (χ3n) is 1.78. The number of carbonyl (C=O) groups excluding carboxylic acids is 2. The maximum absolute atomic E-state index is 10.5. The van der Waals surface area contributed by atoms with Crippen molar-refractivity contribution in [2.24, 2.45) is 0 Å². The lowest BCUT2D eigenvalue weighted by atomic mass is 10.2. The Morgan fingerprint density at radius 3 is 1.47 bits per heavy atom. The average molecular weight is 218 g/mol. The summed E-state index contributed by atoms with van der Waals surface area (Å²) in [5, 5.41) is 24.0. The first-order valence-electron chi connectivity index (χ1n) is 4.27. The Kier molecular flexibility index (Phi) is 5.76. The van der Waals surface area contributed by atoms with E-state index < -0.39 is 18.0 Å². The Balaban J connectivity index is 0.000000288. The fraction of sp³-hybridized carbons (Fsp3) is 0.556. The zero-order valence-corrected chi connectivity index (χ0v) is 8.56. The molecule has 0 radical (unpaired) electrons. The minimum atomic E-state index is -0.954. The van der Waals surface area contributed by atoms with Gasteiger partial charge in [-0.25, -0.2) is 9.59 Å². The molecule has 6 nitrogen and oxygen atoms in total. The van der Waals surface area contributed by atoms with E-state index in [0.717, 1.165) is 0 Å². The van der Waals surface area contributed by atoms with Gasteiger partial charge in [-0.15, -0.1) is 0 Å². The van der Waals surface area contributed by atoms with Crippen molar-refractivity contribution in [1.82, 2.24) is 0 Å². The highest BCUT2D eigenvalue weighted by molar-refractivity contribution is 6.11. The van der Waals surface area contributed by atoms with Gasteiger partial charge in [0.05, 0.1) is 13.2 Å². The minimum absolute atomic E-state index is 0.365. The van der Waals surface area contributed by atoms with E-state index in [1.165, 1.54) is 0 Å². The van der Waals surface area contributed by atoms with Gasteiger partial charge in [0.25, 0.3) is 0 Å². The molecule has 0 saturated heterocycles. The molecule has 0 amide bonds. The molecule has 0 aliphatic carbocycles. The Bertz CT molecular complexity index is 254. The second-order valence-corrected chi connectivity index (χ2v) is 2.95. The highest BCUT2D eigenvalue weighted by Gasteiger charge is 2.25. The van der Waals surface area contributed by atoms with Gasteiger partial charge in [-0.1, -0.05) is 0 Å². The lowest BCUT2D eigenvalue weighted by molar-refractivity contribution is -0.151. The van der Waals surface area contributed by atoms with E-state index >= 15 is 0 Å². The van der Waals surface area contributed by atoms with E-state index in [2.05, 4.69) is 4.74 Å². The van der Waals surface area contributed by atoms with Crippen LogP contribution in [0.2, 0.25) is 0 Å². The van der Waals surface area contributed by atoms with Crippen molar-refractivity contribution in [1.29, 1.82) is 0 Å². The molecule has 86 valence electrons. The number of carbonyl (C=O) groups is 2. The molecule has 0 spiro atoms. The molecule has 0 saturated carbocycles. The molecular weight excluding hydrogens is 204 g/mol. The molecule has 0 atom stereocenters. The molecule has 0 aromatic heterocycles. The van der Waals surface area contributed by atoms with Crippen molar-refractivity contribution in [2.75, 3.05) is 13.2 Å². The van der Waals surface area contributed by atoms with E-state index in [4.69, 9.17) is 15.3 Å². The standard InChI is InChI=1S/C6H6O3.C3H8O3/c1-3-4(2)6(8)9-5(3)7;4-1-3(6)2-5/h1-2H3;3-6H,1-2H2. The summed E-state index contributed by atoms with van der Waals surface area (Å²) in [6.45, 7) is 2.41. The first-order valence-corrected chi connectivity index (χ1v) is 4.27. The highest BCUT2D eigenvalue weighted by atomic mass is 16.6. The SMILES string of the molecule is CC1=C(C)C(=O)OC1=O.OCC(O)CO. The van der Waals surface area contributed by atoms with E-state index in [-0.39, 0.29) is 13.2 Å². The predicted molar refractivity (Wildman–Crippen MR) is 49.7 cm³/mol. The number of hydrogen-bond donors (Lipinski definition) is 3. The minimum Gasteiger partial charge on any atom is -0.394 e. The summed E-state index contributed by atoms with van der Waals surface area (Å²) in [6, 6.07) is 0. The van der Waals surface area contributed by atoms with Crippen molar-refractivity contribution < 1.29 is 29.6 Å². The van der Waals surface area contributed by atoms with Crippen molar-refractivity contribution >= 4 is 11.9 Å². The second-order valence-electron chi connectivity index (χ2n) is 2.95. The van der Waals surface area contributed by atoms with Crippen molar-refractivity contribution in [3.05, 3.63) is 11.1 Å². The summed E-state index contributed by atoms with van der Waals surface area (Å²) in [5.74, 6) is -1.03. The average Bonchev–Trinajstić information content (AvgIpc) is 2.45. The van der Waals surface area contributed by atoms with Gasteiger partial charge in [-0.3, -0.25) is 0 Å². The number of aliphatic hydroxyl groups excluding tert-OH is 3. The van der Waals surface area contributed by atoms with Gasteiger partial charge in [0, 0.05) is 11.1 Å². The predicted octanol–water partition coefficient (Wildman–Crippen LogP) is -1.26. The van der Waals surface area contributed by atoms with E-state index in [1.807, 2.05) is 0 Å². The van der Waals surface area contributed by atoms with Gasteiger partial charge in [0.15, 0.2) is 0 Å². The van der Waals surface area contributed by atoms with Gasteiger partial charge < -0.3 is 20.1 Å². The van der Waals surface area contributed by atoms with Crippen LogP contribution < -0.4 is 0 Å². The normalized spacial score (nSPS) is 15.3. The Labute approximate surface area is 86.8 Å². The molecule has 0 unspecified atom stereocenters. The van der Waals surface area contributed by atoms with E-state index in [1.54, 1.807) is 13.8 Å². The van der Waals surface area contributed by atoms with Gasteiger partial charge in [-0.05, 0) is 13.8 Å². The van der Waals surface area contributed by atoms with Gasteiger partial charge >= 0.3 is 11.9 Å². The molecule has 1 heterocycles. The van der Waals surface area contributed by atoms with Crippen LogP contribution in [0.25, 0.3) is 0 Å². The molecule has 1 rings (SSSR count).